The number of carbonyl (C=O) groups excluding carboxylic acids is 1. The van der Waals surface area contributed by atoms with Crippen molar-refractivity contribution in [1.82, 2.24) is 25.1 Å². The fourth-order valence-corrected chi connectivity index (χ4v) is 6.09. The molecule has 2 saturated carbocycles. The molecule has 5 aliphatic rings. The van der Waals surface area contributed by atoms with Crippen LogP contribution in [0.25, 0.3) is 0 Å². The number of fused-ring (bicyclic) bond motifs is 3. The Morgan fingerprint density at radius 3 is 2.76 bits per heavy atom. The topological polar surface area (TPSA) is 94.7 Å². The Balaban J connectivity index is 1.09. The van der Waals surface area contributed by atoms with E-state index in [4.69, 9.17) is 4.74 Å². The number of ether oxygens (including phenoxy) is 1. The number of alkyl halides is 3. The molecule has 34 heavy (non-hydrogen) atoms. The molecular formula is C22H30F3N7O2. The molecule has 5 fully saturated rings. The van der Waals surface area contributed by atoms with Gasteiger partial charge in [0, 0.05) is 57.0 Å². The van der Waals surface area contributed by atoms with Gasteiger partial charge in [-0.2, -0.15) is 18.2 Å². The molecule has 1 amide bonds. The summed E-state index contributed by atoms with van der Waals surface area (Å²) < 4.78 is 46.2. The monoisotopic (exact) mass is 481 g/mol. The van der Waals surface area contributed by atoms with Gasteiger partial charge in [0.25, 0.3) is 0 Å². The summed E-state index contributed by atoms with van der Waals surface area (Å²) in [5, 5.41) is 9.45. The lowest BCUT2D eigenvalue weighted by Gasteiger charge is -2.29. The highest BCUT2D eigenvalue weighted by Crippen LogP contribution is 2.75. The summed E-state index contributed by atoms with van der Waals surface area (Å²) in [6.07, 6.45) is -0.380. The molecule has 6 rings (SSSR count). The molecule has 2 atom stereocenters. The number of amides is 1. The lowest BCUT2D eigenvalue weighted by molar-refractivity contribution is -0.137. The van der Waals surface area contributed by atoms with Gasteiger partial charge in [-0.05, 0) is 25.7 Å². The predicted octanol–water partition coefficient (Wildman–Crippen LogP) is 1.15. The molecule has 3 saturated heterocycles. The fourth-order valence-electron chi connectivity index (χ4n) is 6.09. The number of carbonyl (C=O) groups is 1. The maximum atomic E-state index is 13.6. The Hall–Kier alpha value is -2.18. The van der Waals surface area contributed by atoms with Crippen LogP contribution in [0, 0.1) is 5.92 Å². The van der Waals surface area contributed by atoms with Gasteiger partial charge in [0.05, 0.1) is 24.7 Å². The number of morpholine rings is 1. The molecule has 0 radical (unpaired) electrons. The summed E-state index contributed by atoms with van der Waals surface area (Å²) >= 11 is 0. The quantitative estimate of drug-likeness (QED) is 0.476. The first-order valence-corrected chi connectivity index (χ1v) is 12.1. The largest absolute Gasteiger partial charge is 0.421 e. The van der Waals surface area contributed by atoms with E-state index in [-0.39, 0.29) is 47.3 Å². The number of likely N-dealkylation sites (tertiary alicyclic amines) is 1. The third-order valence-corrected chi connectivity index (χ3v) is 8.16. The van der Waals surface area contributed by atoms with E-state index >= 15 is 0 Å². The van der Waals surface area contributed by atoms with Crippen molar-refractivity contribution < 1.29 is 22.7 Å². The summed E-state index contributed by atoms with van der Waals surface area (Å²) in [6.45, 7) is 5.48. The van der Waals surface area contributed by atoms with Crippen molar-refractivity contribution in [2.75, 3.05) is 63.1 Å². The molecule has 0 spiro atoms. The van der Waals surface area contributed by atoms with E-state index in [2.05, 4.69) is 30.8 Å². The summed E-state index contributed by atoms with van der Waals surface area (Å²) in [6, 6.07) is 0.190. The molecule has 186 valence electrons. The van der Waals surface area contributed by atoms with Gasteiger partial charge in [-0.1, -0.05) is 0 Å². The molecule has 9 nitrogen and oxygen atoms in total. The maximum absolute atomic E-state index is 13.6. The molecule has 2 bridgehead atoms. The Morgan fingerprint density at radius 1 is 1.24 bits per heavy atom. The second-order valence-corrected chi connectivity index (χ2v) is 10.2. The van der Waals surface area contributed by atoms with Crippen molar-refractivity contribution in [3.05, 3.63) is 11.8 Å². The molecule has 3 aliphatic heterocycles. The van der Waals surface area contributed by atoms with E-state index in [1.54, 1.807) is 0 Å². The van der Waals surface area contributed by atoms with Gasteiger partial charge in [-0.15, -0.1) is 0 Å². The smallest absolute Gasteiger partial charge is 0.379 e. The van der Waals surface area contributed by atoms with Gasteiger partial charge >= 0.3 is 6.18 Å². The van der Waals surface area contributed by atoms with Crippen molar-refractivity contribution in [3.8, 4) is 0 Å². The first-order valence-electron chi connectivity index (χ1n) is 12.1. The zero-order valence-corrected chi connectivity index (χ0v) is 19.0. The fraction of sp³-hybridized carbons (Fsp3) is 0.773. The molecule has 12 heteroatoms. The first kappa shape index (κ1) is 22.3. The Morgan fingerprint density at radius 2 is 2.03 bits per heavy atom. The predicted molar refractivity (Wildman–Crippen MR) is 117 cm³/mol. The number of aromatic nitrogens is 2. The van der Waals surface area contributed by atoms with Crippen LogP contribution < -0.4 is 16.0 Å². The van der Waals surface area contributed by atoms with Crippen molar-refractivity contribution in [1.29, 1.82) is 0 Å². The molecule has 1 aromatic rings. The maximum Gasteiger partial charge on any atom is 0.421 e. The van der Waals surface area contributed by atoms with Crippen LogP contribution in [-0.4, -0.2) is 95.3 Å². The number of halogens is 3. The zero-order chi connectivity index (χ0) is 23.6. The molecule has 2 unspecified atom stereocenters. The number of nitrogens with one attached hydrogen (secondary N) is 3. The van der Waals surface area contributed by atoms with Crippen LogP contribution in [0.15, 0.2) is 6.20 Å². The van der Waals surface area contributed by atoms with Crippen LogP contribution in [0.5, 0.6) is 0 Å². The Bertz CT molecular complexity index is 962. The average molecular weight is 482 g/mol. The zero-order valence-electron chi connectivity index (χ0n) is 19.0. The lowest BCUT2D eigenvalue weighted by Crippen LogP contribution is -2.41. The Kier molecular flexibility index (Phi) is 5.19. The summed E-state index contributed by atoms with van der Waals surface area (Å²) in [5.41, 5.74) is -0.937. The molecule has 0 aromatic carbocycles. The SMILES string of the molecule is O=C1C2CNCC(C2)N1CCCNc1nc(NC23CC2(N2CCOCC2)C3)ncc1C(F)(F)F. The highest BCUT2D eigenvalue weighted by atomic mass is 19.4. The molecular weight excluding hydrogens is 451 g/mol. The first-order chi connectivity index (χ1) is 16.3. The summed E-state index contributed by atoms with van der Waals surface area (Å²) in [5.74, 6) is 0.190. The van der Waals surface area contributed by atoms with Crippen LogP contribution in [0.1, 0.15) is 31.2 Å². The van der Waals surface area contributed by atoms with Crippen LogP contribution in [-0.2, 0) is 15.7 Å². The van der Waals surface area contributed by atoms with E-state index < -0.39 is 11.7 Å². The second kappa shape index (κ2) is 7.92. The van der Waals surface area contributed by atoms with Gasteiger partial charge in [0.15, 0.2) is 0 Å². The Labute approximate surface area is 195 Å². The number of hydrogen-bond donors (Lipinski definition) is 3. The lowest BCUT2D eigenvalue weighted by atomic mass is 10.0. The van der Waals surface area contributed by atoms with E-state index in [9.17, 15) is 18.0 Å². The highest BCUT2D eigenvalue weighted by molar-refractivity contribution is 5.82. The minimum atomic E-state index is -4.55. The summed E-state index contributed by atoms with van der Waals surface area (Å²) in [4.78, 5) is 24.9. The number of rotatable bonds is 8. The van der Waals surface area contributed by atoms with Crippen LogP contribution in [0.3, 0.4) is 0 Å². The standard InChI is InChI=1S/C22H30F3N7O2/c23-22(24,25)16-11-28-19(30-20-12-21(20,13-20)31-4-6-34-7-5-31)29-17(16)27-2-1-3-32-15-8-14(18(32)33)9-26-10-15/h11,14-15,26H,1-10,12-13H2,(H2,27,28,29,30). The van der Waals surface area contributed by atoms with Crippen LogP contribution >= 0.6 is 0 Å². The van der Waals surface area contributed by atoms with Gasteiger partial charge in [-0.25, -0.2) is 4.98 Å². The van der Waals surface area contributed by atoms with Crippen molar-refractivity contribution in [3.63, 3.8) is 0 Å². The van der Waals surface area contributed by atoms with Gasteiger partial charge in [-0.3, -0.25) is 9.69 Å². The highest BCUT2D eigenvalue weighted by Gasteiger charge is 2.86. The van der Waals surface area contributed by atoms with Gasteiger partial charge < -0.3 is 25.6 Å². The van der Waals surface area contributed by atoms with Crippen LogP contribution in [0.2, 0.25) is 0 Å². The van der Waals surface area contributed by atoms with E-state index in [1.165, 1.54) is 0 Å². The van der Waals surface area contributed by atoms with E-state index in [0.29, 0.717) is 32.7 Å². The second-order valence-electron chi connectivity index (χ2n) is 10.2. The number of piperidine rings is 1. The third kappa shape index (κ3) is 3.70. The average Bonchev–Trinajstić information content (AvgIpc) is 3.63. The van der Waals surface area contributed by atoms with E-state index in [1.807, 2.05) is 4.90 Å². The minimum Gasteiger partial charge on any atom is -0.379 e. The minimum absolute atomic E-state index is 0.0350. The third-order valence-electron chi connectivity index (χ3n) is 8.16. The molecule has 4 heterocycles. The molecule has 1 aromatic heterocycles. The van der Waals surface area contributed by atoms with Crippen LogP contribution in [0.4, 0.5) is 24.9 Å². The number of nitrogens with zero attached hydrogens (tertiary/aromatic N) is 4. The summed E-state index contributed by atoms with van der Waals surface area (Å²) in [7, 11) is 0. The number of hydrogen-bond acceptors (Lipinski definition) is 8. The van der Waals surface area contributed by atoms with Crippen molar-refractivity contribution >= 4 is 17.7 Å². The van der Waals surface area contributed by atoms with Crippen molar-refractivity contribution in [2.24, 2.45) is 5.92 Å². The van der Waals surface area contributed by atoms with Gasteiger partial charge in [0.1, 0.15) is 11.4 Å². The van der Waals surface area contributed by atoms with Gasteiger partial charge in [0.2, 0.25) is 11.9 Å². The van der Waals surface area contributed by atoms with E-state index in [0.717, 1.165) is 45.1 Å². The molecule has 3 N–H and O–H groups in total. The molecule has 2 aliphatic carbocycles. The number of anilines is 2. The van der Waals surface area contributed by atoms with Crippen molar-refractivity contribution in [2.45, 2.75) is 49.0 Å². The normalized spacial score (nSPS) is 34.7.